The summed E-state index contributed by atoms with van der Waals surface area (Å²) >= 11 is 0. The summed E-state index contributed by atoms with van der Waals surface area (Å²) in [6, 6.07) is -0.447. The lowest BCUT2D eigenvalue weighted by atomic mass is 10.1. The highest BCUT2D eigenvalue weighted by Gasteiger charge is 2.17. The molecule has 0 unspecified atom stereocenters. The summed E-state index contributed by atoms with van der Waals surface area (Å²) in [7, 11) is 1.88. The second-order valence-corrected chi connectivity index (χ2v) is 4.37. The zero-order valence-electron chi connectivity index (χ0n) is 10.7. The topological polar surface area (TPSA) is 72.9 Å². The molecule has 1 amide bonds. The number of hydrogen-bond donors (Lipinski definition) is 2. The van der Waals surface area contributed by atoms with E-state index in [1.807, 2.05) is 27.8 Å². The van der Waals surface area contributed by atoms with Crippen molar-refractivity contribution in [2.45, 2.75) is 33.4 Å². The highest BCUT2D eigenvalue weighted by Crippen LogP contribution is 2.05. The molecule has 0 aliphatic heterocycles. The molecule has 3 N–H and O–H groups in total. The number of amides is 1. The van der Waals surface area contributed by atoms with Crippen molar-refractivity contribution < 1.29 is 4.79 Å². The third kappa shape index (κ3) is 4.02. The van der Waals surface area contributed by atoms with Gasteiger partial charge in [0.25, 0.3) is 0 Å². The molecule has 1 aromatic rings. The standard InChI is InChI=1S/C11H20N4O.ClH/c1-7(2)10(12)11(16)13-5-9-6-14-15(4)8(9)3;/h6-7,10H,5,12H2,1-4H3,(H,13,16);1H/t10-;/m1./s1. The van der Waals surface area contributed by atoms with Crippen molar-refractivity contribution in [2.24, 2.45) is 18.7 Å². The molecule has 0 aliphatic rings. The van der Waals surface area contributed by atoms with Gasteiger partial charge >= 0.3 is 0 Å². The van der Waals surface area contributed by atoms with Crippen molar-refractivity contribution in [3.05, 3.63) is 17.5 Å². The van der Waals surface area contributed by atoms with Crippen molar-refractivity contribution in [3.63, 3.8) is 0 Å². The average molecular weight is 261 g/mol. The van der Waals surface area contributed by atoms with E-state index in [4.69, 9.17) is 5.73 Å². The fraction of sp³-hybridized carbons (Fsp3) is 0.636. The van der Waals surface area contributed by atoms with Gasteiger partial charge in [0.05, 0.1) is 12.2 Å². The molecule has 1 aromatic heterocycles. The van der Waals surface area contributed by atoms with Gasteiger partial charge in [-0.15, -0.1) is 12.4 Å². The van der Waals surface area contributed by atoms with Crippen LogP contribution >= 0.6 is 12.4 Å². The maximum absolute atomic E-state index is 11.6. The Balaban J connectivity index is 0.00000256. The van der Waals surface area contributed by atoms with Crippen LogP contribution in [0.2, 0.25) is 0 Å². The highest BCUT2D eigenvalue weighted by atomic mass is 35.5. The van der Waals surface area contributed by atoms with Crippen LogP contribution in [-0.2, 0) is 18.4 Å². The van der Waals surface area contributed by atoms with E-state index in [2.05, 4.69) is 10.4 Å². The van der Waals surface area contributed by atoms with Gasteiger partial charge in [-0.3, -0.25) is 9.48 Å². The Kier molecular flexibility index (Phi) is 6.20. The van der Waals surface area contributed by atoms with Crippen molar-refractivity contribution in [3.8, 4) is 0 Å². The molecular formula is C11H21ClN4O. The average Bonchev–Trinajstić information content (AvgIpc) is 2.55. The van der Waals surface area contributed by atoms with E-state index in [-0.39, 0.29) is 24.2 Å². The van der Waals surface area contributed by atoms with Crippen LogP contribution in [0, 0.1) is 12.8 Å². The van der Waals surface area contributed by atoms with E-state index in [0.29, 0.717) is 6.54 Å². The van der Waals surface area contributed by atoms with E-state index in [1.165, 1.54) is 0 Å². The van der Waals surface area contributed by atoms with Crippen molar-refractivity contribution in [1.29, 1.82) is 0 Å². The van der Waals surface area contributed by atoms with E-state index in [9.17, 15) is 4.79 Å². The second kappa shape index (κ2) is 6.61. The van der Waals surface area contributed by atoms with Crippen LogP contribution in [0.15, 0.2) is 6.20 Å². The zero-order chi connectivity index (χ0) is 12.3. The van der Waals surface area contributed by atoms with Gasteiger partial charge in [0, 0.05) is 24.8 Å². The number of halogens is 1. The number of carbonyl (C=O) groups is 1. The molecule has 1 atom stereocenters. The van der Waals surface area contributed by atoms with E-state index < -0.39 is 6.04 Å². The minimum absolute atomic E-state index is 0. The minimum atomic E-state index is -0.447. The van der Waals surface area contributed by atoms with Gasteiger partial charge in [0.1, 0.15) is 0 Å². The second-order valence-electron chi connectivity index (χ2n) is 4.37. The molecule has 17 heavy (non-hydrogen) atoms. The quantitative estimate of drug-likeness (QED) is 0.839. The first-order chi connectivity index (χ1) is 7.43. The van der Waals surface area contributed by atoms with E-state index >= 15 is 0 Å². The molecule has 6 heteroatoms. The van der Waals surface area contributed by atoms with Gasteiger partial charge in [-0.2, -0.15) is 5.10 Å². The van der Waals surface area contributed by atoms with Crippen LogP contribution in [0.4, 0.5) is 0 Å². The smallest absolute Gasteiger partial charge is 0.237 e. The maximum Gasteiger partial charge on any atom is 0.237 e. The summed E-state index contributed by atoms with van der Waals surface area (Å²) in [5, 5.41) is 6.93. The number of rotatable bonds is 4. The third-order valence-electron chi connectivity index (χ3n) is 2.81. The summed E-state index contributed by atoms with van der Waals surface area (Å²) < 4.78 is 1.78. The summed E-state index contributed by atoms with van der Waals surface area (Å²) in [6.07, 6.45) is 1.76. The Morgan fingerprint density at radius 2 is 2.18 bits per heavy atom. The van der Waals surface area contributed by atoms with Gasteiger partial charge < -0.3 is 11.1 Å². The largest absolute Gasteiger partial charge is 0.351 e. The number of hydrogen-bond acceptors (Lipinski definition) is 3. The number of nitrogens with zero attached hydrogens (tertiary/aromatic N) is 2. The van der Waals surface area contributed by atoms with Gasteiger partial charge in [-0.05, 0) is 12.8 Å². The SMILES string of the molecule is Cc1c(CNC(=O)[C@H](N)C(C)C)cnn1C.Cl. The molecule has 0 aromatic carbocycles. The molecular weight excluding hydrogens is 240 g/mol. The molecule has 1 heterocycles. The molecule has 0 bridgehead atoms. The van der Waals surface area contributed by atoms with Crippen LogP contribution in [0.5, 0.6) is 0 Å². The van der Waals surface area contributed by atoms with Crippen molar-refractivity contribution in [2.75, 3.05) is 0 Å². The number of nitrogens with two attached hydrogens (primary N) is 1. The fourth-order valence-corrected chi connectivity index (χ4v) is 1.32. The van der Waals surface area contributed by atoms with Gasteiger partial charge in [-0.25, -0.2) is 0 Å². The Hall–Kier alpha value is -1.07. The molecule has 0 radical (unpaired) electrons. The van der Waals surface area contributed by atoms with Gasteiger partial charge in [0.2, 0.25) is 5.91 Å². The lowest BCUT2D eigenvalue weighted by Gasteiger charge is -2.15. The maximum atomic E-state index is 11.6. The molecule has 0 fully saturated rings. The minimum Gasteiger partial charge on any atom is -0.351 e. The van der Waals surface area contributed by atoms with Crippen LogP contribution in [0.3, 0.4) is 0 Å². The zero-order valence-corrected chi connectivity index (χ0v) is 11.5. The molecule has 1 rings (SSSR count). The lowest BCUT2D eigenvalue weighted by molar-refractivity contribution is -0.123. The highest BCUT2D eigenvalue weighted by molar-refractivity contribution is 5.85. The first kappa shape index (κ1) is 15.9. The van der Waals surface area contributed by atoms with E-state index in [0.717, 1.165) is 11.3 Å². The molecule has 0 aliphatic carbocycles. The van der Waals surface area contributed by atoms with Crippen LogP contribution in [0.1, 0.15) is 25.1 Å². The molecule has 0 saturated heterocycles. The van der Waals surface area contributed by atoms with E-state index in [1.54, 1.807) is 10.9 Å². The summed E-state index contributed by atoms with van der Waals surface area (Å²) in [5.74, 6) is 0.0354. The summed E-state index contributed by atoms with van der Waals surface area (Å²) in [6.45, 7) is 6.31. The molecule has 5 nitrogen and oxygen atoms in total. The van der Waals surface area contributed by atoms with Crippen molar-refractivity contribution >= 4 is 18.3 Å². The lowest BCUT2D eigenvalue weighted by Crippen LogP contribution is -2.43. The molecule has 98 valence electrons. The Morgan fingerprint density at radius 1 is 1.59 bits per heavy atom. The first-order valence-electron chi connectivity index (χ1n) is 5.44. The third-order valence-corrected chi connectivity index (χ3v) is 2.81. The number of nitrogens with one attached hydrogen (secondary N) is 1. The molecule has 0 saturated carbocycles. The first-order valence-corrected chi connectivity index (χ1v) is 5.44. The predicted molar refractivity (Wildman–Crippen MR) is 69.9 cm³/mol. The number of carbonyl (C=O) groups excluding carboxylic acids is 1. The molecule has 0 spiro atoms. The predicted octanol–water partition coefficient (Wildman–Crippen LogP) is 0.750. The summed E-state index contributed by atoms with van der Waals surface area (Å²) in [4.78, 5) is 11.6. The number of aryl methyl sites for hydroxylation is 1. The van der Waals surface area contributed by atoms with Crippen LogP contribution < -0.4 is 11.1 Å². The van der Waals surface area contributed by atoms with Crippen molar-refractivity contribution in [1.82, 2.24) is 15.1 Å². The Bertz CT molecular complexity index is 376. The normalized spacial score (nSPS) is 12.1. The van der Waals surface area contributed by atoms with Gasteiger partial charge in [-0.1, -0.05) is 13.8 Å². The van der Waals surface area contributed by atoms with Gasteiger partial charge in [0.15, 0.2) is 0 Å². The Morgan fingerprint density at radius 3 is 2.59 bits per heavy atom. The monoisotopic (exact) mass is 260 g/mol. The fourth-order valence-electron chi connectivity index (χ4n) is 1.32. The summed E-state index contributed by atoms with van der Waals surface area (Å²) in [5.41, 5.74) is 7.81. The number of aromatic nitrogens is 2. The van der Waals surface area contributed by atoms with Crippen LogP contribution in [0.25, 0.3) is 0 Å². The Labute approximate surface area is 108 Å². The van der Waals surface area contributed by atoms with Crippen LogP contribution in [-0.4, -0.2) is 21.7 Å².